The van der Waals surface area contributed by atoms with E-state index in [9.17, 15) is 9.59 Å². The van der Waals surface area contributed by atoms with Gasteiger partial charge in [0.1, 0.15) is 18.1 Å². The number of carbonyl (C=O) groups is 2. The van der Waals surface area contributed by atoms with Gasteiger partial charge in [0.2, 0.25) is 5.91 Å². The molecule has 0 bridgehead atoms. The van der Waals surface area contributed by atoms with Crippen LogP contribution in [0.1, 0.15) is 31.9 Å². The molecule has 1 N–H and O–H groups in total. The third-order valence-electron chi connectivity index (χ3n) is 5.54. The third-order valence-corrected chi connectivity index (χ3v) is 5.54. The van der Waals surface area contributed by atoms with Crippen molar-refractivity contribution in [3.05, 3.63) is 90.0 Å². The van der Waals surface area contributed by atoms with E-state index >= 15 is 0 Å². The Morgan fingerprint density at radius 1 is 1.09 bits per heavy atom. The second-order valence-electron chi connectivity index (χ2n) is 8.95. The van der Waals surface area contributed by atoms with Crippen LogP contribution in [0.5, 0.6) is 11.5 Å². The minimum Gasteiger partial charge on any atom is -0.489 e. The van der Waals surface area contributed by atoms with Crippen molar-refractivity contribution in [1.82, 2.24) is 0 Å². The smallest absolute Gasteiger partial charge is 0.267 e. The molecule has 1 aliphatic rings. The van der Waals surface area contributed by atoms with Crippen LogP contribution in [0.4, 0.5) is 11.4 Å². The molecule has 1 atom stereocenters. The Labute approximate surface area is 206 Å². The number of amides is 2. The molecular weight excluding hydrogens is 440 g/mol. The van der Waals surface area contributed by atoms with Crippen LogP contribution < -0.4 is 19.7 Å². The van der Waals surface area contributed by atoms with Crippen LogP contribution in [0.3, 0.4) is 0 Å². The number of nitrogens with zero attached hydrogens (tertiary/aromatic N) is 1. The number of anilines is 2. The maximum Gasteiger partial charge on any atom is 0.267 e. The maximum atomic E-state index is 12.5. The van der Waals surface area contributed by atoms with Crippen molar-refractivity contribution in [3.63, 3.8) is 0 Å². The van der Waals surface area contributed by atoms with Gasteiger partial charge in [0, 0.05) is 24.4 Å². The predicted octanol–water partition coefficient (Wildman–Crippen LogP) is 5.69. The molecule has 0 saturated carbocycles. The Morgan fingerprint density at radius 2 is 1.83 bits per heavy atom. The summed E-state index contributed by atoms with van der Waals surface area (Å²) in [6.45, 7) is 7.00. The molecule has 0 aliphatic carbocycles. The van der Waals surface area contributed by atoms with Crippen molar-refractivity contribution in [3.8, 4) is 11.5 Å². The summed E-state index contributed by atoms with van der Waals surface area (Å²) in [5.41, 5.74) is 3.33. The quantitative estimate of drug-likeness (QED) is 0.430. The van der Waals surface area contributed by atoms with E-state index in [0.29, 0.717) is 30.5 Å². The first-order valence-electron chi connectivity index (χ1n) is 11.8. The van der Waals surface area contributed by atoms with Crippen molar-refractivity contribution in [2.45, 2.75) is 33.5 Å². The van der Waals surface area contributed by atoms with Crippen LogP contribution in [-0.4, -0.2) is 24.5 Å². The third kappa shape index (κ3) is 6.29. The van der Waals surface area contributed by atoms with Gasteiger partial charge in [-0.2, -0.15) is 0 Å². The molecule has 4 rings (SSSR count). The fourth-order valence-corrected chi connectivity index (χ4v) is 3.81. The highest BCUT2D eigenvalue weighted by atomic mass is 16.5. The number of fused-ring (bicyclic) bond motifs is 1. The van der Waals surface area contributed by atoms with Crippen molar-refractivity contribution < 1.29 is 19.1 Å². The summed E-state index contributed by atoms with van der Waals surface area (Å²) in [5, 5.41) is 2.86. The standard InChI is InChI=1S/C29H30N2O4/c1-20(2)18-31-26-15-12-24(17-27(26)35-21(3)29(31)33)30-28(32)16-11-22-9-13-25(14-10-22)34-19-23-7-5-4-6-8-23/h4-17,20-21H,18-19H2,1-3H3,(H,30,32)/b16-11+. The average molecular weight is 471 g/mol. The number of hydrogen-bond acceptors (Lipinski definition) is 4. The van der Waals surface area contributed by atoms with Crippen molar-refractivity contribution >= 4 is 29.3 Å². The van der Waals surface area contributed by atoms with Crippen LogP contribution in [0.2, 0.25) is 0 Å². The van der Waals surface area contributed by atoms with E-state index in [4.69, 9.17) is 9.47 Å². The Hall–Kier alpha value is -4.06. The summed E-state index contributed by atoms with van der Waals surface area (Å²) in [5.74, 6) is 1.37. The van der Waals surface area contributed by atoms with Crippen molar-refractivity contribution in [2.24, 2.45) is 5.92 Å². The molecule has 0 spiro atoms. The number of carbonyl (C=O) groups excluding carboxylic acids is 2. The van der Waals surface area contributed by atoms with Crippen LogP contribution >= 0.6 is 0 Å². The summed E-state index contributed by atoms with van der Waals surface area (Å²) < 4.78 is 11.6. The largest absolute Gasteiger partial charge is 0.489 e. The van der Waals surface area contributed by atoms with Gasteiger partial charge in [-0.25, -0.2) is 0 Å². The first-order chi connectivity index (χ1) is 16.9. The van der Waals surface area contributed by atoms with E-state index in [1.807, 2.05) is 60.7 Å². The molecule has 0 saturated heterocycles. The molecular formula is C29H30N2O4. The highest BCUT2D eigenvalue weighted by Crippen LogP contribution is 2.36. The van der Waals surface area contributed by atoms with Gasteiger partial charge >= 0.3 is 0 Å². The van der Waals surface area contributed by atoms with Crippen molar-refractivity contribution in [2.75, 3.05) is 16.8 Å². The SMILES string of the molecule is CC(C)CN1C(=O)C(C)Oc2cc(NC(=O)/C=C/c3ccc(OCc4ccccc4)cc3)ccc21. The zero-order valence-corrected chi connectivity index (χ0v) is 20.2. The molecule has 35 heavy (non-hydrogen) atoms. The Bertz CT molecular complexity index is 1200. The average Bonchev–Trinajstić information content (AvgIpc) is 2.85. The fourth-order valence-electron chi connectivity index (χ4n) is 3.81. The summed E-state index contributed by atoms with van der Waals surface area (Å²) in [6, 6.07) is 22.9. The van der Waals surface area contributed by atoms with Gasteiger partial charge in [-0.1, -0.05) is 56.3 Å². The highest BCUT2D eigenvalue weighted by Gasteiger charge is 2.31. The molecule has 1 unspecified atom stereocenters. The highest BCUT2D eigenvalue weighted by molar-refractivity contribution is 6.03. The first kappa shape index (κ1) is 24.1. The summed E-state index contributed by atoms with van der Waals surface area (Å²) >= 11 is 0. The van der Waals surface area contributed by atoms with Crippen molar-refractivity contribution in [1.29, 1.82) is 0 Å². The van der Waals surface area contributed by atoms with Gasteiger partial charge in [-0.05, 0) is 54.3 Å². The van der Waals surface area contributed by atoms with E-state index in [0.717, 1.165) is 22.6 Å². The molecule has 0 aromatic heterocycles. The molecule has 1 heterocycles. The van der Waals surface area contributed by atoms with Gasteiger partial charge in [-0.3, -0.25) is 9.59 Å². The molecule has 1 aliphatic heterocycles. The topological polar surface area (TPSA) is 67.9 Å². The second-order valence-corrected chi connectivity index (χ2v) is 8.95. The number of ether oxygens (including phenoxy) is 2. The number of nitrogens with one attached hydrogen (secondary N) is 1. The monoisotopic (exact) mass is 470 g/mol. The van der Waals surface area contributed by atoms with Gasteiger partial charge in [0.05, 0.1) is 5.69 Å². The molecule has 0 radical (unpaired) electrons. The number of rotatable bonds is 8. The molecule has 6 nitrogen and oxygen atoms in total. The normalized spacial score (nSPS) is 15.1. The molecule has 0 fully saturated rings. The minimum absolute atomic E-state index is 0.0533. The second kappa shape index (κ2) is 10.9. The molecule has 3 aromatic rings. The zero-order chi connectivity index (χ0) is 24.8. The Balaban J connectivity index is 1.35. The molecule has 6 heteroatoms. The predicted molar refractivity (Wildman–Crippen MR) is 139 cm³/mol. The molecule has 3 aromatic carbocycles. The lowest BCUT2D eigenvalue weighted by molar-refractivity contribution is -0.125. The Kier molecular flexibility index (Phi) is 7.51. The lowest BCUT2D eigenvalue weighted by atomic mass is 10.1. The van der Waals surface area contributed by atoms with Gasteiger partial charge in [0.25, 0.3) is 5.91 Å². The fraction of sp³-hybridized carbons (Fsp3) is 0.241. The lowest BCUT2D eigenvalue weighted by Gasteiger charge is -2.34. The van der Waals surface area contributed by atoms with Crippen LogP contribution in [0.15, 0.2) is 78.9 Å². The summed E-state index contributed by atoms with van der Waals surface area (Å²) in [4.78, 5) is 26.8. The number of hydrogen-bond donors (Lipinski definition) is 1. The molecule has 180 valence electrons. The van der Waals surface area contributed by atoms with E-state index in [1.165, 1.54) is 6.08 Å². The zero-order valence-electron chi connectivity index (χ0n) is 20.2. The van der Waals surface area contributed by atoms with E-state index in [1.54, 1.807) is 30.0 Å². The van der Waals surface area contributed by atoms with E-state index in [2.05, 4.69) is 19.2 Å². The van der Waals surface area contributed by atoms with Gasteiger partial charge in [0.15, 0.2) is 6.10 Å². The lowest BCUT2D eigenvalue weighted by Crippen LogP contribution is -2.46. The van der Waals surface area contributed by atoms with E-state index in [-0.39, 0.29) is 11.8 Å². The maximum absolute atomic E-state index is 12.5. The van der Waals surface area contributed by atoms with Crippen LogP contribution in [0.25, 0.3) is 6.08 Å². The minimum atomic E-state index is -0.563. The Morgan fingerprint density at radius 3 is 2.54 bits per heavy atom. The van der Waals surface area contributed by atoms with Gasteiger partial charge < -0.3 is 19.7 Å². The molecule has 2 amide bonds. The van der Waals surface area contributed by atoms with Crippen LogP contribution in [0, 0.1) is 5.92 Å². The first-order valence-corrected chi connectivity index (χ1v) is 11.8. The van der Waals surface area contributed by atoms with Gasteiger partial charge in [-0.15, -0.1) is 0 Å². The summed E-state index contributed by atoms with van der Waals surface area (Å²) in [6.07, 6.45) is 2.67. The number of benzene rings is 3. The summed E-state index contributed by atoms with van der Waals surface area (Å²) in [7, 11) is 0. The van der Waals surface area contributed by atoms with Crippen LogP contribution in [-0.2, 0) is 16.2 Å². The van der Waals surface area contributed by atoms with E-state index < -0.39 is 6.10 Å².